The van der Waals surface area contributed by atoms with Gasteiger partial charge in [-0.05, 0) is 29.8 Å². The Bertz CT molecular complexity index is 1250. The van der Waals surface area contributed by atoms with Gasteiger partial charge in [-0.3, -0.25) is 10.3 Å². The van der Waals surface area contributed by atoms with E-state index in [9.17, 15) is 13.5 Å². The smallest absolute Gasteiger partial charge is 0.287 e. The van der Waals surface area contributed by atoms with Gasteiger partial charge in [-0.1, -0.05) is 0 Å². The van der Waals surface area contributed by atoms with E-state index >= 15 is 0 Å². The van der Waals surface area contributed by atoms with Crippen LogP contribution in [0, 0.1) is 0 Å². The molecular weight excluding hydrogens is 512 g/mol. The van der Waals surface area contributed by atoms with Crippen LogP contribution in [0.1, 0.15) is 11.1 Å². The first-order chi connectivity index (χ1) is 16.9. The SMILES string of the molecule is COc1cc(OC)c2c(c1)C(C(CN1CCOCC1)N/N=C/c1ccc(O)c(OC)c1)=NS2(=O)=O.Cl. The lowest BCUT2D eigenvalue weighted by molar-refractivity contribution is 0.0364. The largest absolute Gasteiger partial charge is 0.504 e. The second kappa shape index (κ2) is 11.8. The number of sulfonamides is 1. The van der Waals surface area contributed by atoms with Crippen LogP contribution in [0.15, 0.2) is 44.7 Å². The molecule has 2 aliphatic heterocycles. The number of hydrogen-bond acceptors (Lipinski definition) is 10. The number of hydrogen-bond donors (Lipinski definition) is 2. The van der Waals surface area contributed by atoms with Crippen LogP contribution in [-0.2, 0) is 14.8 Å². The average Bonchev–Trinajstić information content (AvgIpc) is 3.15. The zero-order valence-electron chi connectivity index (χ0n) is 20.1. The summed E-state index contributed by atoms with van der Waals surface area (Å²) < 4.78 is 51.4. The molecule has 11 nitrogen and oxygen atoms in total. The van der Waals surface area contributed by atoms with Crippen molar-refractivity contribution in [1.82, 2.24) is 10.3 Å². The summed E-state index contributed by atoms with van der Waals surface area (Å²) in [6, 6.07) is 7.44. The molecule has 36 heavy (non-hydrogen) atoms. The number of nitrogens with zero attached hydrogens (tertiary/aromatic N) is 3. The lowest BCUT2D eigenvalue weighted by Gasteiger charge is -2.30. The van der Waals surface area contributed by atoms with E-state index in [1.165, 1.54) is 33.5 Å². The molecule has 1 saturated heterocycles. The fourth-order valence-electron chi connectivity index (χ4n) is 3.99. The molecule has 2 aromatic rings. The lowest BCUT2D eigenvalue weighted by Crippen LogP contribution is -2.48. The number of hydrazone groups is 1. The van der Waals surface area contributed by atoms with E-state index in [4.69, 9.17) is 18.9 Å². The molecule has 2 N–H and O–H groups in total. The van der Waals surface area contributed by atoms with Crippen LogP contribution in [0.3, 0.4) is 0 Å². The topological polar surface area (TPSA) is 131 Å². The summed E-state index contributed by atoms with van der Waals surface area (Å²) in [4.78, 5) is 2.17. The molecule has 13 heteroatoms. The normalized spacial score (nSPS) is 17.6. The minimum absolute atomic E-state index is 0. The van der Waals surface area contributed by atoms with Crippen LogP contribution in [0.4, 0.5) is 0 Å². The number of morpholine rings is 1. The first-order valence-electron chi connectivity index (χ1n) is 10.9. The highest BCUT2D eigenvalue weighted by atomic mass is 35.5. The van der Waals surface area contributed by atoms with Gasteiger partial charge < -0.3 is 24.1 Å². The summed E-state index contributed by atoms with van der Waals surface area (Å²) >= 11 is 0. The molecule has 0 saturated carbocycles. The number of methoxy groups -OCH3 is 3. The third-order valence-electron chi connectivity index (χ3n) is 5.76. The quantitative estimate of drug-likeness (QED) is 0.360. The van der Waals surface area contributed by atoms with Crippen LogP contribution < -0.4 is 19.6 Å². The van der Waals surface area contributed by atoms with Gasteiger partial charge in [0, 0.05) is 31.3 Å². The Morgan fingerprint density at radius 2 is 1.86 bits per heavy atom. The van der Waals surface area contributed by atoms with Crippen molar-refractivity contribution in [1.29, 1.82) is 0 Å². The summed E-state index contributed by atoms with van der Waals surface area (Å²) in [7, 11) is 0.398. The summed E-state index contributed by atoms with van der Waals surface area (Å²) in [5.41, 5.74) is 4.49. The Kier molecular flexibility index (Phi) is 9.01. The Balaban J connectivity index is 0.00000361. The van der Waals surface area contributed by atoms with Crippen molar-refractivity contribution in [2.45, 2.75) is 10.9 Å². The molecule has 0 aromatic heterocycles. The highest BCUT2D eigenvalue weighted by Gasteiger charge is 2.37. The molecule has 0 bridgehead atoms. The number of phenols is 1. The molecular formula is C23H29ClN4O7S. The predicted molar refractivity (Wildman–Crippen MR) is 137 cm³/mol. The van der Waals surface area contributed by atoms with Gasteiger partial charge >= 0.3 is 0 Å². The first-order valence-corrected chi connectivity index (χ1v) is 12.4. The summed E-state index contributed by atoms with van der Waals surface area (Å²) in [5, 5.41) is 14.2. The second-order valence-electron chi connectivity index (χ2n) is 7.94. The minimum atomic E-state index is -3.97. The van der Waals surface area contributed by atoms with Crippen molar-refractivity contribution >= 4 is 34.4 Å². The van der Waals surface area contributed by atoms with E-state index in [2.05, 4.69) is 19.8 Å². The number of benzene rings is 2. The predicted octanol–water partition coefficient (Wildman–Crippen LogP) is 1.66. The third kappa shape index (κ3) is 5.84. The molecule has 1 fully saturated rings. The van der Waals surface area contributed by atoms with Crippen molar-refractivity contribution < 1.29 is 32.5 Å². The zero-order chi connectivity index (χ0) is 25.0. The molecule has 0 radical (unpaired) electrons. The van der Waals surface area contributed by atoms with E-state index in [1.807, 2.05) is 0 Å². The van der Waals surface area contributed by atoms with Crippen molar-refractivity contribution in [3.05, 3.63) is 41.5 Å². The second-order valence-corrected chi connectivity index (χ2v) is 9.48. The zero-order valence-corrected chi connectivity index (χ0v) is 21.8. The maximum Gasteiger partial charge on any atom is 0.287 e. The van der Waals surface area contributed by atoms with Gasteiger partial charge in [0.1, 0.15) is 22.4 Å². The molecule has 2 aliphatic rings. The maximum absolute atomic E-state index is 13.0. The molecule has 4 rings (SSSR count). The number of halogens is 1. The van der Waals surface area contributed by atoms with Crippen LogP contribution >= 0.6 is 12.4 Å². The van der Waals surface area contributed by atoms with E-state index in [1.54, 1.807) is 24.4 Å². The highest BCUT2D eigenvalue weighted by molar-refractivity contribution is 7.91. The lowest BCUT2D eigenvalue weighted by atomic mass is 10.0. The van der Waals surface area contributed by atoms with Crippen molar-refractivity contribution in [2.75, 3.05) is 54.2 Å². The Morgan fingerprint density at radius 3 is 2.53 bits per heavy atom. The molecule has 2 aromatic carbocycles. The fraction of sp³-hybridized carbons (Fsp3) is 0.391. The number of rotatable bonds is 9. The number of fused-ring (bicyclic) bond motifs is 1. The molecule has 0 aliphatic carbocycles. The van der Waals surface area contributed by atoms with Crippen molar-refractivity contribution in [3.8, 4) is 23.0 Å². The Morgan fingerprint density at radius 1 is 1.14 bits per heavy atom. The maximum atomic E-state index is 13.0. The van der Waals surface area contributed by atoms with Crippen LogP contribution in [0.2, 0.25) is 0 Å². The van der Waals surface area contributed by atoms with Gasteiger partial charge in [0.05, 0.1) is 46.5 Å². The Hall–Kier alpha value is -3.06. The molecule has 196 valence electrons. The van der Waals surface area contributed by atoms with E-state index < -0.39 is 16.1 Å². The van der Waals surface area contributed by atoms with Gasteiger partial charge in [-0.25, -0.2) is 0 Å². The van der Waals surface area contributed by atoms with Crippen LogP contribution in [0.25, 0.3) is 0 Å². The average molecular weight is 541 g/mol. The van der Waals surface area contributed by atoms with E-state index in [-0.39, 0.29) is 28.8 Å². The highest BCUT2D eigenvalue weighted by Crippen LogP contribution is 2.39. The third-order valence-corrected chi connectivity index (χ3v) is 7.13. The van der Waals surface area contributed by atoms with Crippen LogP contribution in [0.5, 0.6) is 23.0 Å². The van der Waals surface area contributed by atoms with E-state index in [0.29, 0.717) is 61.2 Å². The molecule has 0 amide bonds. The van der Waals surface area contributed by atoms with Crippen molar-refractivity contribution in [3.63, 3.8) is 0 Å². The van der Waals surface area contributed by atoms with Gasteiger partial charge in [-0.2, -0.15) is 17.9 Å². The number of nitrogens with one attached hydrogen (secondary N) is 1. The first kappa shape index (κ1) is 27.5. The van der Waals surface area contributed by atoms with Gasteiger partial charge in [0.2, 0.25) is 0 Å². The monoisotopic (exact) mass is 540 g/mol. The van der Waals surface area contributed by atoms with Crippen LogP contribution in [-0.4, -0.2) is 90.6 Å². The molecule has 2 heterocycles. The molecule has 1 unspecified atom stereocenters. The van der Waals surface area contributed by atoms with E-state index in [0.717, 1.165) is 0 Å². The fourth-order valence-corrected chi connectivity index (χ4v) is 5.40. The summed E-state index contributed by atoms with van der Waals surface area (Å²) in [6.45, 7) is 3.03. The Labute approximate surface area is 216 Å². The summed E-state index contributed by atoms with van der Waals surface area (Å²) in [5.74, 6) is 0.962. The van der Waals surface area contributed by atoms with Gasteiger partial charge in [0.25, 0.3) is 10.0 Å². The minimum Gasteiger partial charge on any atom is -0.504 e. The number of ether oxygens (including phenoxy) is 4. The van der Waals surface area contributed by atoms with Gasteiger partial charge in [0.15, 0.2) is 11.5 Å². The standard InChI is InChI=1S/C23H28N4O7S.ClH/c1-31-16-11-17-22(26-35(29,30)23(17)21(12-16)33-3)18(14-27-6-8-34-9-7-27)25-24-13-15-4-5-19(28)20(10-15)32-2;/h4-5,10-13,18,25,28H,6-9,14H2,1-3H3;1H/b24-13+;. The molecule has 0 spiro atoms. The number of phenolic OH excluding ortho intramolecular Hbond substituents is 1. The molecule has 1 atom stereocenters. The van der Waals surface area contributed by atoms with Crippen molar-refractivity contribution in [2.24, 2.45) is 9.50 Å². The number of aromatic hydroxyl groups is 1. The van der Waals surface area contributed by atoms with Gasteiger partial charge in [-0.15, -0.1) is 12.4 Å². The summed E-state index contributed by atoms with van der Waals surface area (Å²) in [6.07, 6.45) is 1.56.